The van der Waals surface area contributed by atoms with E-state index < -0.39 is 11.7 Å². The van der Waals surface area contributed by atoms with E-state index in [4.69, 9.17) is 5.73 Å². The summed E-state index contributed by atoms with van der Waals surface area (Å²) in [5, 5.41) is 0. The second kappa shape index (κ2) is 3.48. The summed E-state index contributed by atoms with van der Waals surface area (Å²) in [6, 6.07) is 2.18. The predicted octanol–water partition coefficient (Wildman–Crippen LogP) is 2.51. The van der Waals surface area contributed by atoms with Crippen molar-refractivity contribution in [3.8, 4) is 0 Å². The molecule has 5 heteroatoms. The summed E-state index contributed by atoms with van der Waals surface area (Å²) >= 11 is 0. The minimum atomic E-state index is -4.32. The molecule has 1 atom stereocenters. The number of nitrogens with zero attached hydrogens (tertiary/aromatic N) is 1. The second-order valence-electron chi connectivity index (χ2n) is 3.83. The van der Waals surface area contributed by atoms with Gasteiger partial charge in [-0.25, -0.2) is 0 Å². The molecular weight excluding hydrogens is 205 g/mol. The molecule has 1 aromatic heterocycles. The molecule has 2 N–H and O–H groups in total. The molecule has 2 rings (SSSR count). The van der Waals surface area contributed by atoms with Crippen LogP contribution in [0.25, 0.3) is 0 Å². The highest BCUT2D eigenvalue weighted by atomic mass is 19.4. The molecule has 1 aliphatic carbocycles. The summed E-state index contributed by atoms with van der Waals surface area (Å²) in [7, 11) is 0. The molecule has 0 radical (unpaired) electrons. The highest BCUT2D eigenvalue weighted by Crippen LogP contribution is 2.39. The Kier molecular flexibility index (Phi) is 2.42. The molecule has 15 heavy (non-hydrogen) atoms. The zero-order valence-corrected chi connectivity index (χ0v) is 7.96. The maximum Gasteiger partial charge on any atom is 0.417 e. The van der Waals surface area contributed by atoms with Crippen LogP contribution in [0.3, 0.4) is 0 Å². The lowest BCUT2D eigenvalue weighted by Gasteiger charge is -2.11. The second-order valence-corrected chi connectivity index (χ2v) is 3.83. The fourth-order valence-corrected chi connectivity index (χ4v) is 1.47. The van der Waals surface area contributed by atoms with Crippen LogP contribution in [-0.2, 0) is 6.18 Å². The van der Waals surface area contributed by atoms with Crippen molar-refractivity contribution in [1.82, 2.24) is 4.98 Å². The van der Waals surface area contributed by atoms with E-state index >= 15 is 0 Å². The summed E-state index contributed by atoms with van der Waals surface area (Å²) in [6.07, 6.45) is -1.39. The van der Waals surface area contributed by atoms with Crippen LogP contribution in [0.5, 0.6) is 0 Å². The highest BCUT2D eigenvalue weighted by Gasteiger charge is 2.33. The smallest absolute Gasteiger partial charge is 0.322 e. The summed E-state index contributed by atoms with van der Waals surface area (Å²) < 4.78 is 36.7. The van der Waals surface area contributed by atoms with Gasteiger partial charge in [-0.05, 0) is 30.9 Å². The van der Waals surface area contributed by atoms with E-state index in [9.17, 15) is 13.2 Å². The summed E-state index contributed by atoms with van der Waals surface area (Å²) in [6.45, 7) is 0. The Morgan fingerprint density at radius 2 is 2.00 bits per heavy atom. The van der Waals surface area contributed by atoms with Crippen molar-refractivity contribution in [1.29, 1.82) is 0 Å². The maximum absolute atomic E-state index is 12.2. The van der Waals surface area contributed by atoms with Crippen LogP contribution in [0.1, 0.15) is 30.1 Å². The van der Waals surface area contributed by atoms with Gasteiger partial charge in [-0.2, -0.15) is 13.2 Å². The van der Waals surface area contributed by atoms with Crippen molar-refractivity contribution in [3.63, 3.8) is 0 Å². The third-order valence-corrected chi connectivity index (χ3v) is 2.59. The number of nitrogens with two attached hydrogens (primary N) is 1. The van der Waals surface area contributed by atoms with Crippen LogP contribution in [0.2, 0.25) is 0 Å². The Morgan fingerprint density at radius 1 is 1.33 bits per heavy atom. The van der Waals surface area contributed by atoms with Crippen molar-refractivity contribution in [3.05, 3.63) is 29.6 Å². The molecule has 0 unspecified atom stereocenters. The Morgan fingerprint density at radius 3 is 2.40 bits per heavy atom. The summed E-state index contributed by atoms with van der Waals surface area (Å²) in [5.41, 5.74) is 5.63. The van der Waals surface area contributed by atoms with Crippen LogP contribution in [0.15, 0.2) is 18.3 Å². The van der Waals surface area contributed by atoms with Crippen LogP contribution in [0, 0.1) is 5.92 Å². The number of hydrogen-bond acceptors (Lipinski definition) is 2. The van der Waals surface area contributed by atoms with E-state index in [1.165, 1.54) is 6.07 Å². The Hall–Kier alpha value is -1.10. The topological polar surface area (TPSA) is 38.9 Å². The van der Waals surface area contributed by atoms with Gasteiger partial charge in [0.2, 0.25) is 0 Å². The fraction of sp³-hybridized carbons (Fsp3) is 0.500. The number of halogens is 3. The first kappa shape index (κ1) is 10.4. The zero-order chi connectivity index (χ0) is 11.1. The molecule has 82 valence electrons. The molecule has 1 heterocycles. The molecular formula is C10H11F3N2. The van der Waals surface area contributed by atoms with E-state index in [1.807, 2.05) is 0 Å². The number of aromatic nitrogens is 1. The van der Waals surface area contributed by atoms with E-state index in [2.05, 4.69) is 4.98 Å². The molecule has 0 amide bonds. The van der Waals surface area contributed by atoms with E-state index in [0.717, 1.165) is 25.1 Å². The fourth-order valence-electron chi connectivity index (χ4n) is 1.47. The lowest BCUT2D eigenvalue weighted by Crippen LogP contribution is -2.15. The molecule has 0 aliphatic heterocycles. The third kappa shape index (κ3) is 2.28. The molecule has 1 aliphatic rings. The molecule has 2 nitrogen and oxygen atoms in total. The summed E-state index contributed by atoms with van der Waals surface area (Å²) in [4.78, 5) is 3.76. The minimum absolute atomic E-state index is 0.215. The van der Waals surface area contributed by atoms with Gasteiger partial charge in [0.05, 0.1) is 11.3 Å². The SMILES string of the molecule is N[C@H](c1ccc(C(F)(F)F)cn1)C1CC1. The van der Waals surface area contributed by atoms with Crippen LogP contribution >= 0.6 is 0 Å². The Bertz CT molecular complexity index is 341. The Labute approximate surface area is 85.3 Å². The molecule has 0 aromatic carbocycles. The van der Waals surface area contributed by atoms with Crippen molar-refractivity contribution in [2.24, 2.45) is 11.7 Å². The van der Waals surface area contributed by atoms with E-state index in [1.54, 1.807) is 0 Å². The predicted molar refractivity (Wildman–Crippen MR) is 48.9 cm³/mol. The van der Waals surface area contributed by atoms with Gasteiger partial charge in [0.15, 0.2) is 0 Å². The third-order valence-electron chi connectivity index (χ3n) is 2.59. The number of alkyl halides is 3. The standard InChI is InChI=1S/C10H11F3N2/c11-10(12,13)7-3-4-8(15-5-7)9(14)6-1-2-6/h3-6,9H,1-2,14H2/t9-/m0/s1. The minimum Gasteiger partial charge on any atom is -0.322 e. The zero-order valence-electron chi connectivity index (χ0n) is 7.96. The van der Waals surface area contributed by atoms with Gasteiger partial charge < -0.3 is 5.73 Å². The quantitative estimate of drug-likeness (QED) is 0.824. The lowest BCUT2D eigenvalue weighted by atomic mass is 10.1. The van der Waals surface area contributed by atoms with Gasteiger partial charge in [-0.15, -0.1) is 0 Å². The molecule has 0 bridgehead atoms. The normalized spacial score (nSPS) is 18.9. The molecule has 0 saturated heterocycles. The van der Waals surface area contributed by atoms with Crippen LogP contribution < -0.4 is 5.73 Å². The van der Waals surface area contributed by atoms with Gasteiger partial charge in [-0.3, -0.25) is 4.98 Å². The number of rotatable bonds is 2. The van der Waals surface area contributed by atoms with Gasteiger partial charge in [0, 0.05) is 12.2 Å². The highest BCUT2D eigenvalue weighted by molar-refractivity contribution is 5.19. The molecule has 0 spiro atoms. The van der Waals surface area contributed by atoms with Crippen LogP contribution in [-0.4, -0.2) is 4.98 Å². The van der Waals surface area contributed by atoms with E-state index in [0.29, 0.717) is 11.6 Å². The first-order chi connectivity index (χ1) is 6.98. The average molecular weight is 216 g/mol. The first-order valence-electron chi connectivity index (χ1n) is 4.77. The number of hydrogen-bond donors (Lipinski definition) is 1. The average Bonchev–Trinajstić information content (AvgIpc) is 2.99. The molecule has 1 fully saturated rings. The summed E-state index contributed by atoms with van der Waals surface area (Å²) in [5.74, 6) is 0.397. The van der Waals surface area contributed by atoms with Gasteiger partial charge in [-0.1, -0.05) is 0 Å². The van der Waals surface area contributed by atoms with Crippen molar-refractivity contribution < 1.29 is 13.2 Å². The first-order valence-corrected chi connectivity index (χ1v) is 4.77. The van der Waals surface area contributed by atoms with Gasteiger partial charge in [0.25, 0.3) is 0 Å². The van der Waals surface area contributed by atoms with Crippen molar-refractivity contribution in [2.45, 2.75) is 25.1 Å². The molecule has 1 aromatic rings. The van der Waals surface area contributed by atoms with Crippen LogP contribution in [0.4, 0.5) is 13.2 Å². The van der Waals surface area contributed by atoms with Crippen molar-refractivity contribution >= 4 is 0 Å². The van der Waals surface area contributed by atoms with Gasteiger partial charge >= 0.3 is 6.18 Å². The van der Waals surface area contributed by atoms with Gasteiger partial charge in [0.1, 0.15) is 0 Å². The number of pyridine rings is 1. The maximum atomic E-state index is 12.2. The van der Waals surface area contributed by atoms with Crippen molar-refractivity contribution in [2.75, 3.05) is 0 Å². The Balaban J connectivity index is 2.16. The largest absolute Gasteiger partial charge is 0.417 e. The molecule has 1 saturated carbocycles. The lowest BCUT2D eigenvalue weighted by molar-refractivity contribution is -0.137. The van der Waals surface area contributed by atoms with E-state index in [-0.39, 0.29) is 6.04 Å². The monoisotopic (exact) mass is 216 g/mol.